The zero-order valence-corrected chi connectivity index (χ0v) is 14.4. The van der Waals surface area contributed by atoms with Crippen molar-refractivity contribution in [1.29, 1.82) is 0 Å². The molecule has 0 aliphatic heterocycles. The van der Waals surface area contributed by atoms with Crippen LogP contribution in [0.5, 0.6) is 0 Å². The summed E-state index contributed by atoms with van der Waals surface area (Å²) in [7, 11) is -3.95. The maximum absolute atomic E-state index is 13.8. The number of sulfonamides is 1. The monoisotopic (exact) mass is 382 g/mol. The molecule has 0 aromatic heterocycles. The molecule has 120 valence electrons. The largest absolute Gasteiger partial charge is 0.399 e. The van der Waals surface area contributed by atoms with E-state index < -0.39 is 20.7 Å². The maximum Gasteiger partial charge on any atom is 0.243 e. The smallest absolute Gasteiger partial charge is 0.243 e. The molecule has 1 aromatic carbocycles. The lowest BCUT2D eigenvalue weighted by Crippen LogP contribution is -2.28. The third-order valence-electron chi connectivity index (χ3n) is 2.68. The molecule has 0 spiro atoms. The van der Waals surface area contributed by atoms with Crippen molar-refractivity contribution in [2.45, 2.75) is 25.2 Å². The predicted molar refractivity (Wildman–Crippen MR) is 84.0 cm³/mol. The molecule has 0 unspecified atom stereocenters. The summed E-state index contributed by atoms with van der Waals surface area (Å²) in [4.78, 5) is -0.475. The molecule has 0 bridgehead atoms. The molecule has 0 fully saturated rings. The van der Waals surface area contributed by atoms with Gasteiger partial charge >= 0.3 is 0 Å². The van der Waals surface area contributed by atoms with Crippen LogP contribution in [0.4, 0.5) is 10.1 Å². The summed E-state index contributed by atoms with van der Waals surface area (Å²) in [5, 5.41) is 0. The second-order valence-electron chi connectivity index (χ2n) is 5.01. The number of nitrogens with one attached hydrogen (secondary N) is 1. The molecular formula is C13H20BrFN2O3S. The highest BCUT2D eigenvalue weighted by Gasteiger charge is 2.21. The third-order valence-corrected chi connectivity index (χ3v) is 4.72. The van der Waals surface area contributed by atoms with E-state index in [1.165, 1.54) is 6.07 Å². The average Bonchev–Trinajstić information content (AvgIpc) is 2.37. The first-order valence-corrected chi connectivity index (χ1v) is 8.83. The molecular weight excluding hydrogens is 363 g/mol. The van der Waals surface area contributed by atoms with E-state index in [1.54, 1.807) is 0 Å². The van der Waals surface area contributed by atoms with Gasteiger partial charge in [-0.3, -0.25) is 0 Å². The molecule has 8 heteroatoms. The number of rotatable bonds is 8. The summed E-state index contributed by atoms with van der Waals surface area (Å²) in [6, 6.07) is 2.39. The lowest BCUT2D eigenvalue weighted by atomic mass is 10.1. The fourth-order valence-electron chi connectivity index (χ4n) is 1.53. The highest BCUT2D eigenvalue weighted by atomic mass is 79.9. The Hall–Kier alpha value is -0.700. The Balaban J connectivity index is 2.59. The van der Waals surface area contributed by atoms with Crippen molar-refractivity contribution < 1.29 is 17.5 Å². The molecule has 5 nitrogen and oxygen atoms in total. The molecule has 1 aromatic rings. The summed E-state index contributed by atoms with van der Waals surface area (Å²) in [5.74, 6) is -0.335. The van der Waals surface area contributed by atoms with Gasteiger partial charge in [0, 0.05) is 18.8 Å². The SMILES string of the molecule is CC(C)CCOCCNS(=O)(=O)c1cc(N)cc(Br)c1F. The number of anilines is 1. The van der Waals surface area contributed by atoms with Gasteiger partial charge in [-0.25, -0.2) is 17.5 Å². The number of halogens is 2. The summed E-state index contributed by atoms with van der Waals surface area (Å²) in [6.07, 6.45) is 0.906. The second kappa shape index (κ2) is 8.07. The molecule has 0 aliphatic carbocycles. The molecule has 0 amide bonds. The highest BCUT2D eigenvalue weighted by molar-refractivity contribution is 9.10. The van der Waals surface area contributed by atoms with Gasteiger partial charge in [0.1, 0.15) is 4.90 Å². The van der Waals surface area contributed by atoms with Gasteiger partial charge in [-0.05, 0) is 40.4 Å². The minimum atomic E-state index is -3.95. The summed E-state index contributed by atoms with van der Waals surface area (Å²) in [5.41, 5.74) is 5.70. The summed E-state index contributed by atoms with van der Waals surface area (Å²) in [6.45, 7) is 5.03. The zero-order chi connectivity index (χ0) is 16.0. The van der Waals surface area contributed by atoms with Gasteiger partial charge in [-0.1, -0.05) is 13.8 Å². The maximum atomic E-state index is 13.8. The third kappa shape index (κ3) is 5.90. The molecule has 0 heterocycles. The number of ether oxygens (including phenoxy) is 1. The van der Waals surface area contributed by atoms with Crippen LogP contribution in [-0.4, -0.2) is 28.2 Å². The Morgan fingerprint density at radius 2 is 2.05 bits per heavy atom. The lowest BCUT2D eigenvalue weighted by molar-refractivity contribution is 0.128. The van der Waals surface area contributed by atoms with E-state index in [9.17, 15) is 12.8 Å². The number of nitrogens with two attached hydrogens (primary N) is 1. The van der Waals surface area contributed by atoms with Gasteiger partial charge in [0.2, 0.25) is 10.0 Å². The van der Waals surface area contributed by atoms with Crippen LogP contribution >= 0.6 is 15.9 Å². The van der Waals surface area contributed by atoms with Crippen LogP contribution in [-0.2, 0) is 14.8 Å². The Bertz CT molecular complexity index is 579. The normalized spacial score (nSPS) is 12.0. The van der Waals surface area contributed by atoms with Crippen molar-refractivity contribution in [1.82, 2.24) is 4.72 Å². The molecule has 0 atom stereocenters. The Morgan fingerprint density at radius 1 is 1.38 bits per heavy atom. The van der Waals surface area contributed by atoms with E-state index in [2.05, 4.69) is 34.5 Å². The van der Waals surface area contributed by atoms with Gasteiger partial charge in [0.05, 0.1) is 11.1 Å². The van der Waals surface area contributed by atoms with Crippen LogP contribution in [0.1, 0.15) is 20.3 Å². The molecule has 3 N–H and O–H groups in total. The molecule has 0 saturated heterocycles. The number of hydrogen-bond acceptors (Lipinski definition) is 4. The Morgan fingerprint density at radius 3 is 2.67 bits per heavy atom. The van der Waals surface area contributed by atoms with Crippen molar-refractivity contribution in [3.63, 3.8) is 0 Å². The van der Waals surface area contributed by atoms with E-state index in [0.717, 1.165) is 12.5 Å². The van der Waals surface area contributed by atoms with Crippen LogP contribution in [0.15, 0.2) is 21.5 Å². The zero-order valence-electron chi connectivity index (χ0n) is 12.0. The number of benzene rings is 1. The second-order valence-corrected chi connectivity index (χ2v) is 7.60. The van der Waals surface area contributed by atoms with E-state index in [0.29, 0.717) is 12.5 Å². The van der Waals surface area contributed by atoms with Crippen molar-refractivity contribution in [3.8, 4) is 0 Å². The van der Waals surface area contributed by atoms with Crippen LogP contribution in [0.3, 0.4) is 0 Å². The lowest BCUT2D eigenvalue weighted by Gasteiger charge is -2.10. The first-order chi connectivity index (χ1) is 9.74. The topological polar surface area (TPSA) is 81.4 Å². The van der Waals surface area contributed by atoms with Gasteiger partial charge < -0.3 is 10.5 Å². The molecule has 0 aliphatic rings. The average molecular weight is 383 g/mol. The van der Waals surface area contributed by atoms with E-state index >= 15 is 0 Å². The fourth-order valence-corrected chi connectivity index (χ4v) is 3.28. The first kappa shape index (κ1) is 18.3. The van der Waals surface area contributed by atoms with Gasteiger partial charge in [0.15, 0.2) is 5.82 Å². The first-order valence-electron chi connectivity index (χ1n) is 6.56. The number of hydrogen-bond donors (Lipinski definition) is 2. The van der Waals surface area contributed by atoms with E-state index in [1.807, 2.05) is 0 Å². The molecule has 0 radical (unpaired) electrons. The Labute approximate surface area is 133 Å². The minimum Gasteiger partial charge on any atom is -0.399 e. The summed E-state index contributed by atoms with van der Waals surface area (Å²) < 4.78 is 45.5. The van der Waals surface area contributed by atoms with Crippen molar-refractivity contribution in [2.75, 3.05) is 25.5 Å². The predicted octanol–water partition coefficient (Wildman–Crippen LogP) is 2.51. The number of nitrogen functional groups attached to an aromatic ring is 1. The van der Waals surface area contributed by atoms with Crippen molar-refractivity contribution >= 4 is 31.6 Å². The Kier molecular flexibility index (Phi) is 7.05. The van der Waals surface area contributed by atoms with Crippen molar-refractivity contribution in [2.24, 2.45) is 5.92 Å². The minimum absolute atomic E-state index is 0.0102. The quantitative estimate of drug-likeness (QED) is 0.534. The van der Waals surface area contributed by atoms with Gasteiger partial charge in [-0.15, -0.1) is 0 Å². The van der Waals surface area contributed by atoms with E-state index in [4.69, 9.17) is 10.5 Å². The molecule has 0 saturated carbocycles. The van der Waals surface area contributed by atoms with Crippen molar-refractivity contribution in [3.05, 3.63) is 22.4 Å². The van der Waals surface area contributed by atoms with Crippen LogP contribution in [0.2, 0.25) is 0 Å². The highest BCUT2D eigenvalue weighted by Crippen LogP contribution is 2.25. The van der Waals surface area contributed by atoms with Crippen LogP contribution < -0.4 is 10.5 Å². The molecule has 21 heavy (non-hydrogen) atoms. The summed E-state index contributed by atoms with van der Waals surface area (Å²) >= 11 is 2.93. The van der Waals surface area contributed by atoms with Gasteiger partial charge in [-0.2, -0.15) is 0 Å². The van der Waals surface area contributed by atoms with Crippen LogP contribution in [0, 0.1) is 11.7 Å². The fraction of sp³-hybridized carbons (Fsp3) is 0.538. The standard InChI is InChI=1S/C13H20BrFN2O3S/c1-9(2)3-5-20-6-4-17-21(18,19)12-8-10(16)7-11(14)13(12)15/h7-9,17H,3-6,16H2,1-2H3. The van der Waals surface area contributed by atoms with E-state index in [-0.39, 0.29) is 23.3 Å². The molecule has 1 rings (SSSR count). The van der Waals surface area contributed by atoms with Gasteiger partial charge in [0.25, 0.3) is 0 Å². The van der Waals surface area contributed by atoms with Crippen LogP contribution in [0.25, 0.3) is 0 Å².